The maximum atomic E-state index is 5.97. The highest BCUT2D eigenvalue weighted by Crippen LogP contribution is 2.34. The standard InChI is InChI=1S/C13H16Cl2O/c1-3-12-13(16-12)8(2)4-9-5-10(14)7-11(15)6-9/h5-8,12-13H,3-4H2,1-2H3. The molecule has 0 aliphatic carbocycles. The van der Waals surface area contributed by atoms with Crippen LogP contribution >= 0.6 is 23.2 Å². The summed E-state index contributed by atoms with van der Waals surface area (Å²) in [6.45, 7) is 4.38. The fourth-order valence-corrected chi connectivity index (χ4v) is 2.77. The minimum absolute atomic E-state index is 0.419. The fourth-order valence-electron chi connectivity index (χ4n) is 2.20. The minimum Gasteiger partial charge on any atom is -0.369 e. The second kappa shape index (κ2) is 4.95. The summed E-state index contributed by atoms with van der Waals surface area (Å²) in [7, 11) is 0. The third-order valence-electron chi connectivity index (χ3n) is 3.06. The zero-order chi connectivity index (χ0) is 11.7. The maximum Gasteiger partial charge on any atom is 0.0870 e. The van der Waals surface area contributed by atoms with E-state index < -0.39 is 0 Å². The first-order valence-corrected chi connectivity index (χ1v) is 6.46. The molecule has 2 rings (SSSR count). The van der Waals surface area contributed by atoms with E-state index in [0.717, 1.165) is 12.8 Å². The largest absolute Gasteiger partial charge is 0.369 e. The van der Waals surface area contributed by atoms with Crippen LogP contribution in [0.1, 0.15) is 25.8 Å². The lowest BCUT2D eigenvalue weighted by Crippen LogP contribution is -2.09. The van der Waals surface area contributed by atoms with Crippen molar-refractivity contribution in [3.8, 4) is 0 Å². The van der Waals surface area contributed by atoms with Gasteiger partial charge in [-0.1, -0.05) is 37.0 Å². The van der Waals surface area contributed by atoms with Crippen molar-refractivity contribution in [2.45, 2.75) is 38.9 Å². The van der Waals surface area contributed by atoms with Crippen LogP contribution < -0.4 is 0 Å². The van der Waals surface area contributed by atoms with Crippen molar-refractivity contribution < 1.29 is 4.74 Å². The first-order valence-electron chi connectivity index (χ1n) is 5.70. The molecule has 1 nitrogen and oxygen atoms in total. The van der Waals surface area contributed by atoms with Crippen LogP contribution in [0.15, 0.2) is 18.2 Å². The van der Waals surface area contributed by atoms with Crippen LogP contribution in [0.25, 0.3) is 0 Å². The van der Waals surface area contributed by atoms with Gasteiger partial charge >= 0.3 is 0 Å². The van der Waals surface area contributed by atoms with Crippen LogP contribution in [-0.4, -0.2) is 12.2 Å². The molecule has 0 spiro atoms. The van der Waals surface area contributed by atoms with Gasteiger partial charge in [-0.25, -0.2) is 0 Å². The van der Waals surface area contributed by atoms with Crippen LogP contribution in [0.2, 0.25) is 10.0 Å². The van der Waals surface area contributed by atoms with Gasteiger partial charge in [-0.05, 0) is 42.5 Å². The van der Waals surface area contributed by atoms with Gasteiger partial charge in [0.15, 0.2) is 0 Å². The van der Waals surface area contributed by atoms with Gasteiger partial charge in [0.05, 0.1) is 12.2 Å². The van der Waals surface area contributed by atoms with Gasteiger partial charge in [0.2, 0.25) is 0 Å². The highest BCUT2D eigenvalue weighted by atomic mass is 35.5. The van der Waals surface area contributed by atoms with Gasteiger partial charge in [0.25, 0.3) is 0 Å². The predicted octanol–water partition coefficient (Wildman–Crippen LogP) is 4.35. The van der Waals surface area contributed by atoms with E-state index in [0.29, 0.717) is 28.2 Å². The Kier molecular flexibility index (Phi) is 3.78. The number of epoxide rings is 1. The number of hydrogen-bond acceptors (Lipinski definition) is 1. The van der Waals surface area contributed by atoms with Crippen molar-refractivity contribution >= 4 is 23.2 Å². The fraction of sp³-hybridized carbons (Fsp3) is 0.538. The first kappa shape index (κ1) is 12.2. The average molecular weight is 259 g/mol. The SMILES string of the molecule is CCC1OC1C(C)Cc1cc(Cl)cc(Cl)c1. The molecular formula is C13H16Cl2O. The molecule has 0 aromatic heterocycles. The third kappa shape index (κ3) is 2.91. The summed E-state index contributed by atoms with van der Waals surface area (Å²) < 4.78 is 5.59. The first-order chi connectivity index (χ1) is 7.60. The highest BCUT2D eigenvalue weighted by Gasteiger charge is 2.40. The molecule has 16 heavy (non-hydrogen) atoms. The van der Waals surface area contributed by atoms with Crippen LogP contribution in [0, 0.1) is 5.92 Å². The summed E-state index contributed by atoms with van der Waals surface area (Å²) >= 11 is 11.9. The van der Waals surface area contributed by atoms with Crippen molar-refractivity contribution in [2.24, 2.45) is 5.92 Å². The van der Waals surface area contributed by atoms with Crippen LogP contribution in [0.4, 0.5) is 0 Å². The summed E-state index contributed by atoms with van der Waals surface area (Å²) in [5, 5.41) is 1.41. The van der Waals surface area contributed by atoms with Crippen molar-refractivity contribution in [1.82, 2.24) is 0 Å². The van der Waals surface area contributed by atoms with Gasteiger partial charge in [0, 0.05) is 10.0 Å². The molecule has 1 aliphatic rings. The van der Waals surface area contributed by atoms with Crippen molar-refractivity contribution in [3.63, 3.8) is 0 Å². The molecule has 1 aromatic carbocycles. The van der Waals surface area contributed by atoms with Crippen molar-refractivity contribution in [3.05, 3.63) is 33.8 Å². The Balaban J connectivity index is 1.98. The number of halogens is 2. The summed E-state index contributed by atoms with van der Waals surface area (Å²) in [5.41, 5.74) is 1.19. The smallest absolute Gasteiger partial charge is 0.0870 e. The zero-order valence-corrected chi connectivity index (χ0v) is 11.1. The number of benzene rings is 1. The third-order valence-corrected chi connectivity index (χ3v) is 3.50. The van der Waals surface area contributed by atoms with Crippen LogP contribution in [0.5, 0.6) is 0 Å². The van der Waals surface area contributed by atoms with E-state index in [1.165, 1.54) is 5.56 Å². The Labute approximate surface area is 107 Å². The molecule has 3 heteroatoms. The molecule has 3 unspecified atom stereocenters. The molecule has 1 heterocycles. The maximum absolute atomic E-state index is 5.97. The summed E-state index contributed by atoms with van der Waals surface area (Å²) in [4.78, 5) is 0. The number of rotatable bonds is 4. The second-order valence-corrected chi connectivity index (χ2v) is 5.38. The van der Waals surface area contributed by atoms with E-state index in [9.17, 15) is 0 Å². The van der Waals surface area contributed by atoms with Crippen LogP contribution in [-0.2, 0) is 11.2 Å². The molecular weight excluding hydrogens is 243 g/mol. The highest BCUT2D eigenvalue weighted by molar-refractivity contribution is 6.34. The molecule has 88 valence electrons. The van der Waals surface area contributed by atoms with E-state index in [-0.39, 0.29) is 0 Å². The summed E-state index contributed by atoms with van der Waals surface area (Å²) in [6, 6.07) is 5.72. The van der Waals surface area contributed by atoms with E-state index in [1.807, 2.05) is 12.1 Å². The topological polar surface area (TPSA) is 12.5 Å². The van der Waals surface area contributed by atoms with Gasteiger partial charge in [-0.3, -0.25) is 0 Å². The van der Waals surface area contributed by atoms with E-state index in [4.69, 9.17) is 27.9 Å². The second-order valence-electron chi connectivity index (χ2n) is 4.51. The van der Waals surface area contributed by atoms with Crippen molar-refractivity contribution in [1.29, 1.82) is 0 Å². The zero-order valence-electron chi connectivity index (χ0n) is 9.54. The lowest BCUT2D eigenvalue weighted by atomic mass is 9.96. The lowest BCUT2D eigenvalue weighted by molar-refractivity contribution is 0.322. The Morgan fingerprint density at radius 3 is 2.38 bits per heavy atom. The molecule has 1 aliphatic heterocycles. The lowest BCUT2D eigenvalue weighted by Gasteiger charge is -2.09. The average Bonchev–Trinajstić information content (AvgIpc) is 2.94. The molecule has 0 N–H and O–H groups in total. The molecule has 1 saturated heterocycles. The number of ether oxygens (including phenoxy) is 1. The molecule has 3 atom stereocenters. The Hall–Kier alpha value is -0.240. The van der Waals surface area contributed by atoms with Crippen molar-refractivity contribution in [2.75, 3.05) is 0 Å². The minimum atomic E-state index is 0.419. The summed E-state index contributed by atoms with van der Waals surface area (Å²) in [6.07, 6.45) is 2.96. The van der Waals surface area contributed by atoms with E-state index >= 15 is 0 Å². The Morgan fingerprint density at radius 1 is 1.25 bits per heavy atom. The predicted molar refractivity (Wildman–Crippen MR) is 68.3 cm³/mol. The molecule has 1 aromatic rings. The van der Waals surface area contributed by atoms with E-state index in [2.05, 4.69) is 13.8 Å². The monoisotopic (exact) mass is 258 g/mol. The molecule has 0 bridgehead atoms. The molecule has 0 amide bonds. The molecule has 1 fully saturated rings. The van der Waals surface area contributed by atoms with Gasteiger partial charge in [-0.2, -0.15) is 0 Å². The van der Waals surface area contributed by atoms with Gasteiger partial charge < -0.3 is 4.74 Å². The van der Waals surface area contributed by atoms with Crippen LogP contribution in [0.3, 0.4) is 0 Å². The summed E-state index contributed by atoms with van der Waals surface area (Å²) in [5.74, 6) is 0.527. The number of hydrogen-bond donors (Lipinski definition) is 0. The Bertz CT molecular complexity index is 358. The van der Waals surface area contributed by atoms with E-state index in [1.54, 1.807) is 6.07 Å². The normalized spacial score (nSPS) is 25.5. The molecule has 0 saturated carbocycles. The Morgan fingerprint density at radius 2 is 1.88 bits per heavy atom. The molecule has 0 radical (unpaired) electrons. The van der Waals surface area contributed by atoms with Gasteiger partial charge in [0.1, 0.15) is 0 Å². The quantitative estimate of drug-likeness (QED) is 0.732. The van der Waals surface area contributed by atoms with Gasteiger partial charge in [-0.15, -0.1) is 0 Å².